The minimum absolute atomic E-state index is 0.470. The molecule has 0 heterocycles. The van der Waals surface area contributed by atoms with Gasteiger partial charge in [-0.1, -0.05) is 30.7 Å². The summed E-state index contributed by atoms with van der Waals surface area (Å²) in [5.74, 6) is 0. The van der Waals surface area contributed by atoms with E-state index in [1.165, 1.54) is 0 Å². The molecule has 2 atom stereocenters. The first kappa shape index (κ1) is 17.4. The van der Waals surface area contributed by atoms with Gasteiger partial charge in [-0.2, -0.15) is 0 Å². The second-order valence-corrected chi connectivity index (χ2v) is 5.58. The van der Waals surface area contributed by atoms with Crippen molar-refractivity contribution in [3.63, 3.8) is 0 Å². The van der Waals surface area contributed by atoms with E-state index >= 15 is 0 Å². The fourth-order valence-electron chi connectivity index (χ4n) is 2.19. The molecule has 20 heavy (non-hydrogen) atoms. The molecule has 3 nitrogen and oxygen atoms in total. The number of ether oxygens (including phenoxy) is 1. The Labute approximate surface area is 127 Å². The fourth-order valence-corrected chi connectivity index (χ4v) is 2.39. The van der Waals surface area contributed by atoms with Crippen LogP contribution < -0.4 is 0 Å². The lowest BCUT2D eigenvalue weighted by molar-refractivity contribution is 0.0966. The van der Waals surface area contributed by atoms with Gasteiger partial charge in [-0.25, -0.2) is 0 Å². The predicted molar refractivity (Wildman–Crippen MR) is 84.2 cm³/mol. The topological polar surface area (TPSA) is 32.7 Å². The van der Waals surface area contributed by atoms with Gasteiger partial charge in [-0.3, -0.25) is 4.90 Å². The van der Waals surface area contributed by atoms with Crippen LogP contribution in [0.5, 0.6) is 0 Å². The summed E-state index contributed by atoms with van der Waals surface area (Å²) in [7, 11) is 1.72. The highest BCUT2D eigenvalue weighted by Gasteiger charge is 2.15. The third kappa shape index (κ3) is 5.80. The van der Waals surface area contributed by atoms with Crippen molar-refractivity contribution in [1.82, 2.24) is 4.90 Å². The lowest BCUT2D eigenvalue weighted by atomic mass is 10.1. The largest absolute Gasteiger partial charge is 0.388 e. The molecule has 114 valence electrons. The average molecular weight is 300 g/mol. The van der Waals surface area contributed by atoms with E-state index in [-0.39, 0.29) is 0 Å². The number of rotatable bonds is 9. The minimum atomic E-state index is -0.470. The summed E-state index contributed by atoms with van der Waals surface area (Å²) < 4.78 is 5.15. The van der Waals surface area contributed by atoms with Gasteiger partial charge in [0.15, 0.2) is 0 Å². The molecule has 0 aliphatic carbocycles. The van der Waals surface area contributed by atoms with Crippen molar-refractivity contribution >= 4 is 11.6 Å². The van der Waals surface area contributed by atoms with E-state index in [4.69, 9.17) is 16.3 Å². The molecular formula is C16H26ClNO2. The van der Waals surface area contributed by atoms with Gasteiger partial charge in [-0.05, 0) is 37.5 Å². The Kier molecular flexibility index (Phi) is 8.15. The van der Waals surface area contributed by atoms with Crippen LogP contribution in [0.15, 0.2) is 24.3 Å². The maximum absolute atomic E-state index is 10.3. The fraction of sp³-hybridized carbons (Fsp3) is 0.625. The molecule has 1 rings (SSSR count). The van der Waals surface area contributed by atoms with Crippen molar-refractivity contribution in [2.24, 2.45) is 0 Å². The van der Waals surface area contributed by atoms with Gasteiger partial charge in [-0.15, -0.1) is 0 Å². The molecule has 0 bridgehead atoms. The van der Waals surface area contributed by atoms with Crippen molar-refractivity contribution in [3.05, 3.63) is 34.9 Å². The monoisotopic (exact) mass is 299 g/mol. The first-order valence-electron chi connectivity index (χ1n) is 7.25. The number of aliphatic hydroxyl groups excluding tert-OH is 1. The normalized spacial score (nSPS) is 14.5. The summed E-state index contributed by atoms with van der Waals surface area (Å²) in [5.41, 5.74) is 0.883. The first-order valence-corrected chi connectivity index (χ1v) is 7.62. The number of benzene rings is 1. The van der Waals surface area contributed by atoms with E-state index in [0.29, 0.717) is 17.5 Å². The average Bonchev–Trinajstić information content (AvgIpc) is 2.46. The Balaban J connectivity index is 2.53. The molecular weight excluding hydrogens is 274 g/mol. The van der Waals surface area contributed by atoms with Gasteiger partial charge in [0.1, 0.15) is 0 Å². The van der Waals surface area contributed by atoms with Crippen LogP contribution in [0.25, 0.3) is 0 Å². The number of aliphatic hydroxyl groups is 1. The lowest BCUT2D eigenvalue weighted by Crippen LogP contribution is -2.36. The molecule has 0 spiro atoms. The van der Waals surface area contributed by atoms with Crippen LogP contribution in [0.4, 0.5) is 0 Å². The second-order valence-electron chi connectivity index (χ2n) is 5.15. The number of hydrogen-bond acceptors (Lipinski definition) is 3. The van der Waals surface area contributed by atoms with E-state index in [0.717, 1.165) is 31.7 Å². The van der Waals surface area contributed by atoms with E-state index in [2.05, 4.69) is 18.7 Å². The molecule has 2 unspecified atom stereocenters. The molecule has 1 N–H and O–H groups in total. The number of methoxy groups -OCH3 is 1. The third-order valence-corrected chi connectivity index (χ3v) is 3.96. The smallest absolute Gasteiger partial charge is 0.0802 e. The van der Waals surface area contributed by atoms with E-state index in [1.54, 1.807) is 7.11 Å². The number of hydrogen-bond donors (Lipinski definition) is 1. The highest BCUT2D eigenvalue weighted by molar-refractivity contribution is 6.30. The van der Waals surface area contributed by atoms with Crippen molar-refractivity contribution in [3.8, 4) is 0 Å². The summed E-state index contributed by atoms with van der Waals surface area (Å²) in [6.45, 7) is 6.86. The Morgan fingerprint density at radius 2 is 2.10 bits per heavy atom. The third-order valence-electron chi connectivity index (χ3n) is 3.72. The van der Waals surface area contributed by atoms with Gasteiger partial charge >= 0.3 is 0 Å². The van der Waals surface area contributed by atoms with Crippen molar-refractivity contribution in [2.45, 2.75) is 38.8 Å². The zero-order valence-corrected chi connectivity index (χ0v) is 13.4. The van der Waals surface area contributed by atoms with Crippen LogP contribution >= 0.6 is 11.6 Å². The molecule has 0 aliphatic rings. The Morgan fingerprint density at radius 1 is 1.35 bits per heavy atom. The summed E-state index contributed by atoms with van der Waals surface area (Å²) in [6, 6.07) is 7.94. The molecule has 0 saturated carbocycles. The first-order chi connectivity index (χ1) is 9.58. The van der Waals surface area contributed by atoms with E-state index in [9.17, 15) is 5.11 Å². The summed E-state index contributed by atoms with van der Waals surface area (Å²) >= 11 is 5.95. The molecule has 0 fully saturated rings. The highest BCUT2D eigenvalue weighted by Crippen LogP contribution is 2.21. The van der Waals surface area contributed by atoms with E-state index < -0.39 is 6.10 Å². The Morgan fingerprint density at radius 3 is 2.70 bits per heavy atom. The minimum Gasteiger partial charge on any atom is -0.388 e. The SMILES string of the molecule is CCC(C)N(CCOC)CCC(O)c1cccc(Cl)c1. The number of halogens is 1. The molecule has 0 saturated heterocycles. The standard InChI is InChI=1S/C16H26ClNO2/c1-4-13(2)18(10-11-20-3)9-8-16(19)14-6-5-7-15(17)12-14/h5-7,12-13,16,19H,4,8-11H2,1-3H3. The second kappa shape index (κ2) is 9.35. The van der Waals surface area contributed by atoms with E-state index in [1.807, 2.05) is 24.3 Å². The van der Waals surface area contributed by atoms with Gasteiger partial charge in [0.25, 0.3) is 0 Å². The molecule has 1 aromatic rings. The molecule has 0 aliphatic heterocycles. The maximum atomic E-state index is 10.3. The highest BCUT2D eigenvalue weighted by atomic mass is 35.5. The van der Waals surface area contributed by atoms with Crippen LogP contribution in [0.1, 0.15) is 38.4 Å². The van der Waals surface area contributed by atoms with Crippen molar-refractivity contribution in [2.75, 3.05) is 26.8 Å². The van der Waals surface area contributed by atoms with Crippen LogP contribution in [-0.2, 0) is 4.74 Å². The van der Waals surface area contributed by atoms with Gasteiger partial charge in [0.2, 0.25) is 0 Å². The lowest BCUT2D eigenvalue weighted by Gasteiger charge is -2.29. The van der Waals surface area contributed by atoms with Gasteiger partial charge < -0.3 is 9.84 Å². The molecule has 4 heteroatoms. The van der Waals surface area contributed by atoms with Crippen LogP contribution in [0, 0.1) is 0 Å². The maximum Gasteiger partial charge on any atom is 0.0802 e. The van der Waals surface area contributed by atoms with Crippen LogP contribution in [0.2, 0.25) is 5.02 Å². The Bertz CT molecular complexity index is 386. The quantitative estimate of drug-likeness (QED) is 0.757. The summed E-state index contributed by atoms with van der Waals surface area (Å²) in [6.07, 6.45) is 1.33. The Hall–Kier alpha value is -0.610. The zero-order valence-electron chi connectivity index (χ0n) is 12.7. The predicted octanol–water partition coefficient (Wildman–Crippen LogP) is 3.51. The zero-order chi connectivity index (χ0) is 15.0. The molecule has 0 radical (unpaired) electrons. The molecule has 0 aromatic heterocycles. The van der Waals surface area contributed by atoms with Crippen LogP contribution in [-0.4, -0.2) is 42.9 Å². The van der Waals surface area contributed by atoms with Crippen LogP contribution in [0.3, 0.4) is 0 Å². The number of nitrogens with zero attached hydrogens (tertiary/aromatic N) is 1. The summed E-state index contributed by atoms with van der Waals surface area (Å²) in [5, 5.41) is 10.9. The van der Waals surface area contributed by atoms with Crippen molar-refractivity contribution < 1.29 is 9.84 Å². The molecule has 1 aromatic carbocycles. The summed E-state index contributed by atoms with van der Waals surface area (Å²) in [4.78, 5) is 2.36. The van der Waals surface area contributed by atoms with Gasteiger partial charge in [0, 0.05) is 31.3 Å². The van der Waals surface area contributed by atoms with Gasteiger partial charge in [0.05, 0.1) is 12.7 Å². The molecule has 0 amide bonds. The van der Waals surface area contributed by atoms with Crippen molar-refractivity contribution in [1.29, 1.82) is 0 Å².